The van der Waals surface area contributed by atoms with E-state index < -0.39 is 30.1 Å². The fourth-order valence-corrected chi connectivity index (χ4v) is 7.19. The molecule has 5 atom stereocenters. The van der Waals surface area contributed by atoms with Crippen LogP contribution < -0.4 is 21.3 Å². The zero-order valence-electron chi connectivity index (χ0n) is 27.6. The molecule has 0 radical (unpaired) electrons. The highest BCUT2D eigenvalue weighted by molar-refractivity contribution is 5.97. The van der Waals surface area contributed by atoms with Gasteiger partial charge in [0, 0.05) is 18.2 Å². The molecule has 0 aromatic heterocycles. The van der Waals surface area contributed by atoms with Crippen LogP contribution in [-0.4, -0.2) is 79.4 Å². The minimum Gasteiger partial charge on any atom is -0.465 e. The van der Waals surface area contributed by atoms with Crippen LogP contribution >= 0.6 is 0 Å². The van der Waals surface area contributed by atoms with Gasteiger partial charge in [-0.3, -0.25) is 19.2 Å². The van der Waals surface area contributed by atoms with Crippen molar-refractivity contribution >= 4 is 29.6 Å². The maximum Gasteiger partial charge on any atom is 0.337 e. The largest absolute Gasteiger partial charge is 0.465 e. The van der Waals surface area contributed by atoms with Crippen LogP contribution in [0, 0.1) is 5.92 Å². The minimum absolute atomic E-state index is 0.0415. The van der Waals surface area contributed by atoms with E-state index in [0.29, 0.717) is 11.1 Å². The third-order valence-corrected chi connectivity index (χ3v) is 9.99. The van der Waals surface area contributed by atoms with E-state index in [1.807, 2.05) is 18.2 Å². The fraction of sp³-hybridized carbons (Fsp3) is 0.528. The number of carbonyl (C=O) groups excluding carboxylic acids is 5. The Labute approximate surface area is 276 Å². The maximum absolute atomic E-state index is 14.5. The van der Waals surface area contributed by atoms with Gasteiger partial charge < -0.3 is 30.9 Å². The number of amides is 4. The molecule has 11 heteroatoms. The molecule has 252 valence electrons. The number of methoxy groups -OCH3 is 1. The van der Waals surface area contributed by atoms with Crippen LogP contribution in [0.4, 0.5) is 0 Å². The molecule has 2 fully saturated rings. The molecule has 2 aromatic carbocycles. The van der Waals surface area contributed by atoms with E-state index in [1.165, 1.54) is 24.8 Å². The van der Waals surface area contributed by atoms with Crippen molar-refractivity contribution in [2.45, 2.75) is 94.9 Å². The lowest BCUT2D eigenvalue weighted by Crippen LogP contribution is -2.58. The van der Waals surface area contributed by atoms with Crippen LogP contribution in [0.25, 0.3) is 0 Å². The number of benzene rings is 2. The lowest BCUT2D eigenvalue weighted by molar-refractivity contribution is -0.143. The Bertz CT molecular complexity index is 1460. The van der Waals surface area contributed by atoms with Crippen molar-refractivity contribution in [2.75, 3.05) is 20.7 Å². The predicted octanol–water partition coefficient (Wildman–Crippen LogP) is 3.04. The minimum atomic E-state index is -0.826. The number of ether oxygens (including phenoxy) is 1. The highest BCUT2D eigenvalue weighted by Crippen LogP contribution is 2.32. The number of likely N-dealkylation sites (N-methyl/N-ethyl adjacent to an activating group) is 1. The number of hydrogen-bond donors (Lipinski definition) is 4. The molecule has 1 heterocycles. The quantitative estimate of drug-likeness (QED) is 0.291. The Morgan fingerprint density at radius 3 is 2.28 bits per heavy atom. The summed E-state index contributed by atoms with van der Waals surface area (Å²) in [5, 5.41) is 12.2. The first-order valence-corrected chi connectivity index (χ1v) is 16.9. The topological polar surface area (TPSA) is 146 Å². The van der Waals surface area contributed by atoms with E-state index in [1.54, 1.807) is 31.0 Å². The fourth-order valence-electron chi connectivity index (χ4n) is 7.19. The molecule has 11 nitrogen and oxygen atoms in total. The Morgan fingerprint density at radius 2 is 1.57 bits per heavy atom. The molecule has 1 saturated heterocycles. The molecule has 2 aliphatic carbocycles. The molecule has 1 aliphatic heterocycles. The molecule has 1 saturated carbocycles. The van der Waals surface area contributed by atoms with Gasteiger partial charge in [-0.05, 0) is 93.8 Å². The van der Waals surface area contributed by atoms with Gasteiger partial charge in [0.15, 0.2) is 0 Å². The van der Waals surface area contributed by atoms with Crippen LogP contribution in [0.5, 0.6) is 0 Å². The first kappa shape index (κ1) is 34.1. The van der Waals surface area contributed by atoms with Gasteiger partial charge in [0.1, 0.15) is 12.1 Å². The average Bonchev–Trinajstić information content (AvgIpc) is 3.54. The van der Waals surface area contributed by atoms with Gasteiger partial charge in [0.05, 0.1) is 24.8 Å². The van der Waals surface area contributed by atoms with Crippen molar-refractivity contribution in [3.8, 4) is 0 Å². The molecule has 3 aliphatic rings. The predicted molar refractivity (Wildman–Crippen MR) is 176 cm³/mol. The second-order valence-electron chi connectivity index (χ2n) is 13.0. The first-order valence-electron chi connectivity index (χ1n) is 16.9. The zero-order valence-corrected chi connectivity index (χ0v) is 27.6. The van der Waals surface area contributed by atoms with Crippen LogP contribution in [0.3, 0.4) is 0 Å². The Hall–Kier alpha value is -4.25. The lowest BCUT2D eigenvalue weighted by Gasteiger charge is -2.35. The smallest absolute Gasteiger partial charge is 0.337 e. The summed E-state index contributed by atoms with van der Waals surface area (Å²) in [7, 11) is 2.99. The van der Waals surface area contributed by atoms with E-state index in [-0.39, 0.29) is 48.6 Å². The molecular weight excluding hydrogens is 598 g/mol. The SMILES string of the molecule is CN[C@@H](C)C(=O)N[C@@H](C(=O)N1C[C@@H](NC(=O)c2ccc(C(=O)OC)cc2)C[C@H]1C(=O)N[C@@H]1CCCc2ccccc21)C1CCCCC1. The number of fused-ring (bicyclic) bond motifs is 1. The molecule has 4 amide bonds. The summed E-state index contributed by atoms with van der Waals surface area (Å²) in [6.07, 6.45) is 7.61. The van der Waals surface area contributed by atoms with Gasteiger partial charge in [-0.2, -0.15) is 0 Å². The number of carbonyl (C=O) groups is 5. The van der Waals surface area contributed by atoms with Crippen molar-refractivity contribution in [3.05, 3.63) is 70.8 Å². The molecule has 0 spiro atoms. The van der Waals surface area contributed by atoms with Gasteiger partial charge >= 0.3 is 5.97 Å². The van der Waals surface area contributed by atoms with E-state index in [2.05, 4.69) is 27.3 Å². The average molecular weight is 646 g/mol. The van der Waals surface area contributed by atoms with E-state index in [9.17, 15) is 24.0 Å². The summed E-state index contributed by atoms with van der Waals surface area (Å²) in [6.45, 7) is 1.87. The molecule has 0 bridgehead atoms. The van der Waals surface area contributed by atoms with Gasteiger partial charge in [-0.15, -0.1) is 0 Å². The molecular formula is C36H47N5O6. The molecule has 0 unspecified atom stereocenters. The third kappa shape index (κ3) is 8.01. The number of esters is 1. The molecule has 2 aromatic rings. The summed E-state index contributed by atoms with van der Waals surface area (Å²) >= 11 is 0. The molecule has 47 heavy (non-hydrogen) atoms. The van der Waals surface area contributed by atoms with E-state index in [4.69, 9.17) is 4.74 Å². The Kier molecular flexibility index (Phi) is 11.3. The maximum atomic E-state index is 14.5. The second-order valence-corrected chi connectivity index (χ2v) is 13.0. The lowest BCUT2D eigenvalue weighted by atomic mass is 9.83. The summed E-state index contributed by atoms with van der Waals surface area (Å²) in [4.78, 5) is 68.4. The summed E-state index contributed by atoms with van der Waals surface area (Å²) < 4.78 is 4.75. The van der Waals surface area contributed by atoms with Crippen LogP contribution in [0.15, 0.2) is 48.5 Å². The van der Waals surface area contributed by atoms with Gasteiger partial charge in [-0.25, -0.2) is 4.79 Å². The molecule has 5 rings (SSSR count). The van der Waals surface area contributed by atoms with Gasteiger partial charge in [-0.1, -0.05) is 43.5 Å². The first-order chi connectivity index (χ1) is 22.7. The summed E-state index contributed by atoms with van der Waals surface area (Å²) in [5.41, 5.74) is 2.98. The number of nitrogens with zero attached hydrogens (tertiary/aromatic N) is 1. The van der Waals surface area contributed by atoms with Crippen LogP contribution in [0.2, 0.25) is 0 Å². The van der Waals surface area contributed by atoms with Gasteiger partial charge in [0.2, 0.25) is 17.7 Å². The van der Waals surface area contributed by atoms with Crippen molar-refractivity contribution in [3.63, 3.8) is 0 Å². The van der Waals surface area contributed by atoms with E-state index in [0.717, 1.165) is 56.9 Å². The van der Waals surface area contributed by atoms with Crippen molar-refractivity contribution in [1.29, 1.82) is 0 Å². The Balaban J connectivity index is 1.38. The highest BCUT2D eigenvalue weighted by atomic mass is 16.5. The number of aryl methyl sites for hydroxylation is 1. The standard InChI is InChI=1S/C36H47N5O6/c1-22(37-2)32(42)40-31(24-11-5-4-6-12-24)35(45)41-21-27(38-33(43)25-16-18-26(19-17-25)36(46)47-3)20-30(41)34(44)39-29-15-9-13-23-10-7-8-14-28(23)29/h7-8,10,14,16-19,22,24,27,29-31,37H,4-6,9,11-13,15,20-21H2,1-3H3,(H,38,43)(H,39,44)(H,40,42)/t22-,27-,29+,30-,31+/m0/s1. The highest BCUT2D eigenvalue weighted by Gasteiger charge is 2.45. The van der Waals surface area contributed by atoms with Crippen molar-refractivity contribution in [2.24, 2.45) is 5.92 Å². The molecule has 4 N–H and O–H groups in total. The van der Waals surface area contributed by atoms with Crippen LogP contribution in [0.1, 0.15) is 96.2 Å². The summed E-state index contributed by atoms with van der Waals surface area (Å²) in [6, 6.07) is 11.5. The third-order valence-electron chi connectivity index (χ3n) is 9.99. The zero-order chi connectivity index (χ0) is 33.5. The number of hydrogen-bond acceptors (Lipinski definition) is 7. The van der Waals surface area contributed by atoms with Crippen molar-refractivity contribution in [1.82, 2.24) is 26.2 Å². The summed E-state index contributed by atoms with van der Waals surface area (Å²) in [5.74, 6) is -1.74. The second kappa shape index (κ2) is 15.6. The van der Waals surface area contributed by atoms with Crippen LogP contribution in [-0.2, 0) is 25.5 Å². The van der Waals surface area contributed by atoms with E-state index >= 15 is 0 Å². The number of likely N-dealkylation sites (tertiary alicyclic amines) is 1. The van der Waals surface area contributed by atoms with Gasteiger partial charge in [0.25, 0.3) is 5.91 Å². The number of nitrogens with one attached hydrogen (secondary N) is 4. The van der Waals surface area contributed by atoms with Crippen molar-refractivity contribution < 1.29 is 28.7 Å². The monoisotopic (exact) mass is 645 g/mol. The Morgan fingerprint density at radius 1 is 0.872 bits per heavy atom. The number of rotatable bonds is 10. The normalized spacial score (nSPS) is 22.4.